The van der Waals surface area contributed by atoms with Gasteiger partial charge in [0.15, 0.2) is 0 Å². The molecule has 36 heavy (non-hydrogen) atoms. The van der Waals surface area contributed by atoms with Crippen LogP contribution in [0, 0.1) is 0 Å². The van der Waals surface area contributed by atoms with Crippen molar-refractivity contribution in [3.8, 4) is 5.75 Å². The quantitative estimate of drug-likeness (QED) is 0.232. The van der Waals surface area contributed by atoms with Crippen LogP contribution in [-0.4, -0.2) is 60.0 Å². The molecule has 0 aliphatic carbocycles. The van der Waals surface area contributed by atoms with Crippen LogP contribution in [-0.2, 0) is 9.59 Å². The SMILES string of the molecule is CC(=O)Oc1ccc(/C=C2/Sc3nc(Nc4ccc(N5CCN(C)CC5)cc4)ncc3NC2=O)cc1. The van der Waals surface area contributed by atoms with E-state index >= 15 is 0 Å². The van der Waals surface area contributed by atoms with Gasteiger partial charge in [-0.05, 0) is 55.1 Å². The van der Waals surface area contributed by atoms with Crippen LogP contribution < -0.4 is 20.3 Å². The van der Waals surface area contributed by atoms with Gasteiger partial charge >= 0.3 is 5.97 Å². The van der Waals surface area contributed by atoms with Crippen LogP contribution in [0.4, 0.5) is 23.0 Å². The van der Waals surface area contributed by atoms with E-state index in [2.05, 4.69) is 49.6 Å². The van der Waals surface area contributed by atoms with Gasteiger partial charge in [-0.25, -0.2) is 9.97 Å². The maximum absolute atomic E-state index is 12.6. The third-order valence-electron chi connectivity index (χ3n) is 5.86. The highest BCUT2D eigenvalue weighted by atomic mass is 32.2. The molecule has 2 N–H and O–H groups in total. The number of fused-ring (bicyclic) bond motifs is 1. The molecule has 5 rings (SSSR count). The highest BCUT2D eigenvalue weighted by Gasteiger charge is 2.23. The molecule has 0 bridgehead atoms. The summed E-state index contributed by atoms with van der Waals surface area (Å²) in [7, 11) is 2.15. The predicted molar refractivity (Wildman–Crippen MR) is 142 cm³/mol. The molecule has 3 heterocycles. The van der Waals surface area contributed by atoms with Crippen molar-refractivity contribution < 1.29 is 14.3 Å². The highest BCUT2D eigenvalue weighted by Crippen LogP contribution is 2.38. The predicted octanol–water partition coefficient (Wildman–Crippen LogP) is 3.98. The van der Waals surface area contributed by atoms with Crippen molar-refractivity contribution >= 4 is 52.7 Å². The number of nitrogens with zero attached hydrogens (tertiary/aromatic N) is 4. The first kappa shape index (κ1) is 23.8. The molecule has 2 aromatic carbocycles. The summed E-state index contributed by atoms with van der Waals surface area (Å²) in [4.78, 5) is 37.9. The molecule has 2 aliphatic heterocycles. The lowest BCUT2D eigenvalue weighted by Gasteiger charge is -2.34. The lowest BCUT2D eigenvalue weighted by Crippen LogP contribution is -2.44. The van der Waals surface area contributed by atoms with Gasteiger partial charge in [-0.15, -0.1) is 0 Å². The first-order valence-electron chi connectivity index (χ1n) is 11.6. The minimum absolute atomic E-state index is 0.222. The van der Waals surface area contributed by atoms with Crippen LogP contribution in [0.1, 0.15) is 12.5 Å². The van der Waals surface area contributed by atoms with Crippen LogP contribution in [0.5, 0.6) is 5.75 Å². The van der Waals surface area contributed by atoms with E-state index in [1.807, 2.05) is 12.1 Å². The number of piperazine rings is 1. The average Bonchev–Trinajstić information content (AvgIpc) is 2.87. The van der Waals surface area contributed by atoms with E-state index in [0.29, 0.717) is 27.3 Å². The molecule has 10 heteroatoms. The van der Waals surface area contributed by atoms with Crippen molar-refractivity contribution in [3.63, 3.8) is 0 Å². The molecule has 184 valence electrons. The maximum atomic E-state index is 12.6. The Bertz CT molecular complexity index is 1300. The Hall–Kier alpha value is -3.89. The molecule has 1 saturated heterocycles. The van der Waals surface area contributed by atoms with Crippen molar-refractivity contribution in [2.45, 2.75) is 11.9 Å². The average molecular weight is 503 g/mol. The van der Waals surface area contributed by atoms with Crippen molar-refractivity contribution in [3.05, 3.63) is 65.2 Å². The standard InChI is InChI=1S/C26H26N6O3S/c1-17(33)35-21-9-3-18(4-10-21)15-23-24(34)29-22-16-27-26(30-25(22)36-23)28-19-5-7-20(8-6-19)32-13-11-31(2)12-14-32/h3-10,15-16H,11-14H2,1-2H3,(H,29,34)(H,27,28,30)/b23-15+. The van der Waals surface area contributed by atoms with Gasteiger partial charge in [0.25, 0.3) is 5.91 Å². The van der Waals surface area contributed by atoms with Gasteiger partial charge in [0.2, 0.25) is 5.95 Å². The molecule has 2 aliphatic rings. The number of aromatic nitrogens is 2. The topological polar surface area (TPSA) is 99.7 Å². The lowest BCUT2D eigenvalue weighted by atomic mass is 10.2. The van der Waals surface area contributed by atoms with Crippen LogP contribution in [0.15, 0.2) is 64.7 Å². The van der Waals surface area contributed by atoms with Crippen LogP contribution in [0.25, 0.3) is 6.08 Å². The molecule has 0 radical (unpaired) electrons. The Morgan fingerprint density at radius 3 is 2.50 bits per heavy atom. The number of rotatable bonds is 5. The number of hydrogen-bond acceptors (Lipinski definition) is 9. The van der Waals surface area contributed by atoms with E-state index in [4.69, 9.17) is 4.74 Å². The summed E-state index contributed by atoms with van der Waals surface area (Å²) in [5.74, 6) is 0.306. The Morgan fingerprint density at radius 2 is 1.81 bits per heavy atom. The lowest BCUT2D eigenvalue weighted by molar-refractivity contribution is -0.131. The molecule has 3 aromatic rings. The Balaban J connectivity index is 1.27. The van der Waals surface area contributed by atoms with Gasteiger partial charge in [0, 0.05) is 44.5 Å². The summed E-state index contributed by atoms with van der Waals surface area (Å²) in [6.07, 6.45) is 3.38. The summed E-state index contributed by atoms with van der Waals surface area (Å²) in [5, 5.41) is 6.76. The van der Waals surface area contributed by atoms with E-state index in [0.717, 1.165) is 37.4 Å². The van der Waals surface area contributed by atoms with Crippen molar-refractivity contribution in [1.29, 1.82) is 0 Å². The van der Waals surface area contributed by atoms with Crippen molar-refractivity contribution in [2.24, 2.45) is 0 Å². The second kappa shape index (κ2) is 10.4. The van der Waals surface area contributed by atoms with Crippen LogP contribution in [0.3, 0.4) is 0 Å². The van der Waals surface area contributed by atoms with Gasteiger partial charge in [-0.3, -0.25) is 9.59 Å². The number of hydrogen-bond donors (Lipinski definition) is 2. The monoisotopic (exact) mass is 502 g/mol. The number of esters is 1. The number of carbonyl (C=O) groups excluding carboxylic acids is 2. The van der Waals surface area contributed by atoms with E-state index in [1.54, 1.807) is 36.5 Å². The molecule has 0 atom stereocenters. The summed E-state index contributed by atoms with van der Waals surface area (Å²) < 4.78 is 5.06. The first-order chi connectivity index (χ1) is 17.4. The molecule has 0 spiro atoms. The maximum Gasteiger partial charge on any atom is 0.308 e. The smallest absolute Gasteiger partial charge is 0.308 e. The Morgan fingerprint density at radius 1 is 1.08 bits per heavy atom. The second-order valence-corrected chi connectivity index (χ2v) is 9.63. The molecule has 1 fully saturated rings. The van der Waals surface area contributed by atoms with Gasteiger partial charge in [-0.1, -0.05) is 23.9 Å². The number of thioether (sulfide) groups is 1. The second-order valence-electron chi connectivity index (χ2n) is 8.60. The minimum atomic E-state index is -0.380. The molecule has 1 amide bonds. The van der Waals surface area contributed by atoms with Crippen molar-refractivity contribution in [1.82, 2.24) is 14.9 Å². The number of anilines is 4. The number of carbonyl (C=O) groups is 2. The highest BCUT2D eigenvalue weighted by molar-refractivity contribution is 8.04. The third kappa shape index (κ3) is 5.67. The summed E-state index contributed by atoms with van der Waals surface area (Å²) >= 11 is 1.28. The van der Waals surface area contributed by atoms with Crippen LogP contribution in [0.2, 0.25) is 0 Å². The summed E-state index contributed by atoms with van der Waals surface area (Å²) in [5.41, 5.74) is 3.47. The van der Waals surface area contributed by atoms with Crippen molar-refractivity contribution in [2.75, 3.05) is 48.8 Å². The van der Waals surface area contributed by atoms with Gasteiger partial charge in [-0.2, -0.15) is 0 Å². The molecule has 1 aromatic heterocycles. The molecule has 9 nitrogen and oxygen atoms in total. The number of benzene rings is 2. The van der Waals surface area contributed by atoms with Gasteiger partial charge in [0.05, 0.1) is 16.8 Å². The van der Waals surface area contributed by atoms with E-state index in [-0.39, 0.29) is 11.9 Å². The molecular weight excluding hydrogens is 476 g/mol. The third-order valence-corrected chi connectivity index (χ3v) is 6.89. The molecule has 0 unspecified atom stereocenters. The zero-order valence-corrected chi connectivity index (χ0v) is 20.8. The first-order valence-corrected chi connectivity index (χ1v) is 12.4. The summed E-state index contributed by atoms with van der Waals surface area (Å²) in [6, 6.07) is 15.2. The fraction of sp³-hybridized carbons (Fsp3) is 0.231. The largest absolute Gasteiger partial charge is 0.427 e. The van der Waals surface area contributed by atoms with E-state index < -0.39 is 0 Å². The van der Waals surface area contributed by atoms with E-state index in [9.17, 15) is 9.59 Å². The Labute approximate surface area is 213 Å². The molecular formula is C26H26N6O3S. The zero-order valence-electron chi connectivity index (χ0n) is 20.0. The van der Waals surface area contributed by atoms with Gasteiger partial charge in [0.1, 0.15) is 10.8 Å². The minimum Gasteiger partial charge on any atom is -0.427 e. The fourth-order valence-corrected chi connectivity index (χ4v) is 4.81. The number of nitrogens with one attached hydrogen (secondary N) is 2. The fourth-order valence-electron chi connectivity index (χ4n) is 3.92. The normalized spacial score (nSPS) is 16.9. The number of ether oxygens (including phenoxy) is 1. The number of amides is 1. The number of likely N-dealkylation sites (N-methyl/N-ethyl adjacent to an activating group) is 1. The molecule has 0 saturated carbocycles. The summed E-state index contributed by atoms with van der Waals surface area (Å²) in [6.45, 7) is 5.52. The van der Waals surface area contributed by atoms with Gasteiger partial charge < -0.3 is 25.2 Å². The Kier molecular flexibility index (Phi) is 6.88. The zero-order chi connectivity index (χ0) is 25.1. The van der Waals surface area contributed by atoms with E-state index in [1.165, 1.54) is 24.4 Å². The van der Waals surface area contributed by atoms with Crippen LogP contribution >= 0.6 is 11.8 Å².